The van der Waals surface area contributed by atoms with Crippen molar-refractivity contribution >= 4 is 0 Å². The molecule has 1 aliphatic rings. The monoisotopic (exact) mass is 215 g/mol. The zero-order valence-electron chi connectivity index (χ0n) is 10.1. The molecule has 1 aromatic rings. The molecule has 1 N–H and O–H groups in total. The number of hydrogen-bond donors (Lipinski definition) is 1. The maximum Gasteiger partial charge on any atom is 0.0139 e. The fraction of sp³-hybridized carbons (Fsp3) is 0.467. The molecule has 1 heteroatoms. The van der Waals surface area contributed by atoms with Crippen molar-refractivity contribution in [1.29, 1.82) is 0 Å². The van der Waals surface area contributed by atoms with Crippen LogP contribution in [-0.2, 0) is 19.3 Å². The van der Waals surface area contributed by atoms with Crippen LogP contribution in [0.15, 0.2) is 30.9 Å². The Morgan fingerprint density at radius 3 is 2.94 bits per heavy atom. The first-order valence-corrected chi connectivity index (χ1v) is 6.22. The van der Waals surface area contributed by atoms with Gasteiger partial charge < -0.3 is 5.32 Å². The van der Waals surface area contributed by atoms with E-state index in [1.807, 2.05) is 13.1 Å². The third kappa shape index (κ3) is 2.53. The van der Waals surface area contributed by atoms with Gasteiger partial charge in [-0.05, 0) is 55.8 Å². The van der Waals surface area contributed by atoms with Crippen molar-refractivity contribution in [3.8, 4) is 0 Å². The summed E-state index contributed by atoms with van der Waals surface area (Å²) in [5.74, 6) is 0. The summed E-state index contributed by atoms with van der Waals surface area (Å²) in [4.78, 5) is 0. The lowest BCUT2D eigenvalue weighted by Crippen LogP contribution is -2.26. The van der Waals surface area contributed by atoms with Crippen LogP contribution in [-0.4, -0.2) is 13.1 Å². The van der Waals surface area contributed by atoms with Crippen LogP contribution in [0.5, 0.6) is 0 Å². The van der Waals surface area contributed by atoms with Gasteiger partial charge in [-0.2, -0.15) is 0 Å². The highest BCUT2D eigenvalue weighted by Crippen LogP contribution is 2.23. The summed E-state index contributed by atoms with van der Waals surface area (Å²) >= 11 is 0. The molecule has 0 aliphatic heterocycles. The summed E-state index contributed by atoms with van der Waals surface area (Å²) in [5.41, 5.74) is 4.60. The number of likely N-dealkylation sites (N-methyl/N-ethyl adjacent to an activating group) is 1. The Bertz CT molecular complexity index is 368. The first-order valence-electron chi connectivity index (χ1n) is 6.22. The molecular weight excluding hydrogens is 194 g/mol. The predicted molar refractivity (Wildman–Crippen MR) is 69.8 cm³/mol. The van der Waals surface area contributed by atoms with Crippen LogP contribution >= 0.6 is 0 Å². The Hall–Kier alpha value is -1.08. The van der Waals surface area contributed by atoms with Crippen LogP contribution in [0.1, 0.15) is 29.5 Å². The van der Waals surface area contributed by atoms with E-state index in [9.17, 15) is 0 Å². The highest BCUT2D eigenvalue weighted by Gasteiger charge is 2.12. The molecule has 2 rings (SSSR count). The number of fused-ring (bicyclic) bond motifs is 1. The molecule has 0 amide bonds. The van der Waals surface area contributed by atoms with Gasteiger partial charge in [0.15, 0.2) is 0 Å². The second kappa shape index (κ2) is 5.31. The van der Waals surface area contributed by atoms with Crippen molar-refractivity contribution in [2.75, 3.05) is 7.05 Å². The fourth-order valence-electron chi connectivity index (χ4n) is 2.54. The van der Waals surface area contributed by atoms with Crippen molar-refractivity contribution in [2.45, 2.75) is 38.1 Å². The zero-order chi connectivity index (χ0) is 11.4. The van der Waals surface area contributed by atoms with Crippen LogP contribution < -0.4 is 5.32 Å². The molecule has 1 atom stereocenters. The Kier molecular flexibility index (Phi) is 3.79. The molecule has 0 aromatic heterocycles. The molecule has 0 saturated carbocycles. The molecule has 0 radical (unpaired) electrons. The van der Waals surface area contributed by atoms with E-state index in [4.69, 9.17) is 0 Å². The van der Waals surface area contributed by atoms with E-state index in [0.29, 0.717) is 6.04 Å². The van der Waals surface area contributed by atoms with Crippen molar-refractivity contribution in [3.05, 3.63) is 47.5 Å². The van der Waals surface area contributed by atoms with E-state index in [2.05, 4.69) is 30.1 Å². The number of hydrogen-bond acceptors (Lipinski definition) is 1. The molecule has 0 bridgehead atoms. The first kappa shape index (κ1) is 11.4. The molecule has 1 nitrogen and oxygen atoms in total. The molecule has 0 saturated heterocycles. The van der Waals surface area contributed by atoms with Crippen molar-refractivity contribution in [3.63, 3.8) is 0 Å². The first-order chi connectivity index (χ1) is 7.83. The van der Waals surface area contributed by atoms with Gasteiger partial charge in [0.2, 0.25) is 0 Å². The van der Waals surface area contributed by atoms with Gasteiger partial charge in [-0.15, -0.1) is 6.58 Å². The van der Waals surface area contributed by atoms with Crippen molar-refractivity contribution < 1.29 is 0 Å². The predicted octanol–water partition coefficient (Wildman–Crippen LogP) is 2.88. The minimum atomic E-state index is 0.525. The minimum Gasteiger partial charge on any atom is -0.316 e. The van der Waals surface area contributed by atoms with E-state index in [1.165, 1.54) is 24.8 Å². The summed E-state index contributed by atoms with van der Waals surface area (Å²) in [6.07, 6.45) is 8.02. The average Bonchev–Trinajstić information content (AvgIpc) is 2.75. The standard InChI is InChI=1S/C15H21N/c1-3-5-15(16-2)11-12-8-9-13-6-4-7-14(13)10-12/h3,8-10,15-16H,1,4-7,11H2,2H3. The van der Waals surface area contributed by atoms with Gasteiger partial charge in [0.05, 0.1) is 0 Å². The molecular formula is C15H21N. The minimum absolute atomic E-state index is 0.525. The molecule has 1 aromatic carbocycles. The topological polar surface area (TPSA) is 12.0 Å². The van der Waals surface area contributed by atoms with Crippen LogP contribution in [0.4, 0.5) is 0 Å². The quantitative estimate of drug-likeness (QED) is 0.745. The Morgan fingerprint density at radius 1 is 1.38 bits per heavy atom. The highest BCUT2D eigenvalue weighted by atomic mass is 14.9. The van der Waals surface area contributed by atoms with Crippen molar-refractivity contribution in [2.24, 2.45) is 0 Å². The third-order valence-corrected chi connectivity index (χ3v) is 3.50. The Labute approximate surface area is 98.6 Å². The normalized spacial score (nSPS) is 15.8. The highest BCUT2D eigenvalue weighted by molar-refractivity contribution is 5.35. The molecule has 1 aliphatic carbocycles. The van der Waals surface area contributed by atoms with Gasteiger partial charge in [0.25, 0.3) is 0 Å². The average molecular weight is 215 g/mol. The van der Waals surface area contributed by atoms with Gasteiger partial charge in [-0.25, -0.2) is 0 Å². The lowest BCUT2D eigenvalue weighted by molar-refractivity contribution is 0.566. The fourth-order valence-corrected chi connectivity index (χ4v) is 2.54. The van der Waals surface area contributed by atoms with Crippen LogP contribution in [0.3, 0.4) is 0 Å². The molecule has 86 valence electrons. The van der Waals surface area contributed by atoms with Crippen molar-refractivity contribution in [1.82, 2.24) is 5.32 Å². The van der Waals surface area contributed by atoms with Gasteiger partial charge in [0.1, 0.15) is 0 Å². The zero-order valence-corrected chi connectivity index (χ0v) is 10.1. The summed E-state index contributed by atoms with van der Waals surface area (Å²) in [6, 6.07) is 7.53. The number of aryl methyl sites for hydroxylation is 2. The van der Waals surface area contributed by atoms with E-state index in [0.717, 1.165) is 12.8 Å². The smallest absolute Gasteiger partial charge is 0.0139 e. The molecule has 0 heterocycles. The maximum absolute atomic E-state index is 3.81. The molecule has 0 fully saturated rings. The van der Waals surface area contributed by atoms with Gasteiger partial charge >= 0.3 is 0 Å². The number of nitrogens with one attached hydrogen (secondary N) is 1. The lowest BCUT2D eigenvalue weighted by Gasteiger charge is -2.14. The van der Waals surface area contributed by atoms with Crippen LogP contribution in [0, 0.1) is 0 Å². The van der Waals surface area contributed by atoms with E-state index in [-0.39, 0.29) is 0 Å². The van der Waals surface area contributed by atoms with E-state index >= 15 is 0 Å². The second-order valence-corrected chi connectivity index (χ2v) is 4.67. The van der Waals surface area contributed by atoms with E-state index < -0.39 is 0 Å². The molecule has 1 unspecified atom stereocenters. The van der Waals surface area contributed by atoms with Gasteiger partial charge in [-0.1, -0.05) is 24.3 Å². The van der Waals surface area contributed by atoms with Gasteiger partial charge in [-0.3, -0.25) is 0 Å². The van der Waals surface area contributed by atoms with E-state index in [1.54, 1.807) is 11.1 Å². The summed E-state index contributed by atoms with van der Waals surface area (Å²) in [6.45, 7) is 3.81. The Morgan fingerprint density at radius 2 is 2.19 bits per heavy atom. The summed E-state index contributed by atoms with van der Waals surface area (Å²) in [5, 5.41) is 3.35. The number of benzene rings is 1. The SMILES string of the molecule is C=CCC(Cc1ccc2c(c1)CCC2)NC. The van der Waals surface area contributed by atoms with Crippen LogP contribution in [0.25, 0.3) is 0 Å². The summed E-state index contributed by atoms with van der Waals surface area (Å²) in [7, 11) is 2.03. The summed E-state index contributed by atoms with van der Waals surface area (Å²) < 4.78 is 0. The Balaban J connectivity index is 2.06. The molecule has 16 heavy (non-hydrogen) atoms. The third-order valence-electron chi connectivity index (χ3n) is 3.50. The lowest BCUT2D eigenvalue weighted by atomic mass is 9.99. The largest absolute Gasteiger partial charge is 0.316 e. The molecule has 0 spiro atoms. The second-order valence-electron chi connectivity index (χ2n) is 4.67. The number of rotatable bonds is 5. The van der Waals surface area contributed by atoms with Crippen LogP contribution in [0.2, 0.25) is 0 Å². The van der Waals surface area contributed by atoms with Gasteiger partial charge in [0, 0.05) is 6.04 Å². The maximum atomic E-state index is 3.81.